The molecule has 18 heavy (non-hydrogen) atoms. The first-order valence-corrected chi connectivity index (χ1v) is 5.37. The summed E-state index contributed by atoms with van der Waals surface area (Å²) in [5.41, 5.74) is 6.24. The standard InChI is InChI=1S/C11H13N5O2/c12-10-2-1-8(17)7-9(10)11(18)13-3-5-16-6-4-14-15-16/h1-2,4,6-7,17H,3,5,12H2,(H,13,18). The molecule has 4 N–H and O–H groups in total. The smallest absolute Gasteiger partial charge is 0.253 e. The molecule has 2 aromatic rings. The topological polar surface area (TPSA) is 106 Å². The third-order valence-electron chi connectivity index (χ3n) is 2.38. The van der Waals surface area contributed by atoms with Crippen molar-refractivity contribution in [1.82, 2.24) is 20.3 Å². The fourth-order valence-electron chi connectivity index (χ4n) is 1.47. The van der Waals surface area contributed by atoms with E-state index in [1.807, 2.05) is 0 Å². The molecule has 7 heteroatoms. The number of anilines is 1. The van der Waals surface area contributed by atoms with Crippen LogP contribution in [0.2, 0.25) is 0 Å². The Labute approximate surface area is 103 Å². The van der Waals surface area contributed by atoms with Crippen molar-refractivity contribution in [2.75, 3.05) is 12.3 Å². The van der Waals surface area contributed by atoms with Crippen LogP contribution >= 0.6 is 0 Å². The van der Waals surface area contributed by atoms with Crippen LogP contribution in [0.1, 0.15) is 10.4 Å². The van der Waals surface area contributed by atoms with Crippen molar-refractivity contribution >= 4 is 11.6 Å². The molecule has 1 aromatic heterocycles. The largest absolute Gasteiger partial charge is 0.508 e. The zero-order valence-corrected chi connectivity index (χ0v) is 9.58. The van der Waals surface area contributed by atoms with Crippen LogP contribution in [0, 0.1) is 0 Å². The third-order valence-corrected chi connectivity index (χ3v) is 2.38. The minimum Gasteiger partial charge on any atom is -0.508 e. The van der Waals surface area contributed by atoms with E-state index in [0.29, 0.717) is 18.8 Å². The monoisotopic (exact) mass is 247 g/mol. The zero-order chi connectivity index (χ0) is 13.0. The van der Waals surface area contributed by atoms with Crippen molar-refractivity contribution in [3.63, 3.8) is 0 Å². The van der Waals surface area contributed by atoms with E-state index in [0.717, 1.165) is 0 Å². The zero-order valence-electron chi connectivity index (χ0n) is 9.58. The molecule has 94 valence electrons. The average Bonchev–Trinajstić information content (AvgIpc) is 2.85. The molecule has 0 aliphatic heterocycles. The van der Waals surface area contributed by atoms with Gasteiger partial charge in [0.05, 0.1) is 18.3 Å². The number of nitrogens with two attached hydrogens (primary N) is 1. The van der Waals surface area contributed by atoms with Crippen molar-refractivity contribution in [2.45, 2.75) is 6.54 Å². The van der Waals surface area contributed by atoms with Gasteiger partial charge in [-0.2, -0.15) is 0 Å². The number of hydrogen-bond acceptors (Lipinski definition) is 5. The van der Waals surface area contributed by atoms with Gasteiger partial charge in [0, 0.05) is 18.4 Å². The molecule has 1 aromatic carbocycles. The van der Waals surface area contributed by atoms with Crippen molar-refractivity contribution in [2.24, 2.45) is 0 Å². The van der Waals surface area contributed by atoms with Crippen LogP contribution in [0.4, 0.5) is 5.69 Å². The maximum atomic E-state index is 11.8. The molecule has 7 nitrogen and oxygen atoms in total. The number of rotatable bonds is 4. The number of carbonyl (C=O) groups excluding carboxylic acids is 1. The number of amides is 1. The highest BCUT2D eigenvalue weighted by Gasteiger charge is 2.09. The van der Waals surface area contributed by atoms with E-state index in [-0.39, 0.29) is 17.2 Å². The molecule has 0 radical (unpaired) electrons. The number of benzene rings is 1. The van der Waals surface area contributed by atoms with Crippen LogP contribution in [-0.4, -0.2) is 32.6 Å². The maximum Gasteiger partial charge on any atom is 0.253 e. The van der Waals surface area contributed by atoms with Gasteiger partial charge in [-0.25, -0.2) is 0 Å². The first kappa shape index (κ1) is 11.9. The van der Waals surface area contributed by atoms with Crippen molar-refractivity contribution in [1.29, 1.82) is 0 Å². The van der Waals surface area contributed by atoms with Crippen LogP contribution in [-0.2, 0) is 6.54 Å². The van der Waals surface area contributed by atoms with Crippen LogP contribution in [0.5, 0.6) is 5.75 Å². The fourth-order valence-corrected chi connectivity index (χ4v) is 1.47. The lowest BCUT2D eigenvalue weighted by Crippen LogP contribution is -2.28. The fraction of sp³-hybridized carbons (Fsp3) is 0.182. The summed E-state index contributed by atoms with van der Waals surface area (Å²) < 4.78 is 1.60. The number of aromatic hydroxyl groups is 1. The molecule has 1 amide bonds. The van der Waals surface area contributed by atoms with Crippen molar-refractivity contribution < 1.29 is 9.90 Å². The molecular weight excluding hydrogens is 234 g/mol. The molecular formula is C11H13N5O2. The molecule has 0 bridgehead atoms. The summed E-state index contributed by atoms with van der Waals surface area (Å²) in [6.07, 6.45) is 3.27. The number of hydrogen-bond donors (Lipinski definition) is 3. The highest BCUT2D eigenvalue weighted by molar-refractivity contribution is 5.99. The van der Waals surface area contributed by atoms with Gasteiger partial charge >= 0.3 is 0 Å². The number of carbonyl (C=O) groups is 1. The molecule has 0 aliphatic rings. The number of nitrogens with one attached hydrogen (secondary N) is 1. The predicted octanol–water partition coefficient (Wildman–Crippen LogP) is -0.00410. The van der Waals surface area contributed by atoms with Crippen LogP contribution in [0.25, 0.3) is 0 Å². The summed E-state index contributed by atoms with van der Waals surface area (Å²) >= 11 is 0. The van der Waals surface area contributed by atoms with Crippen LogP contribution in [0.15, 0.2) is 30.6 Å². The van der Waals surface area contributed by atoms with Crippen LogP contribution < -0.4 is 11.1 Å². The number of phenolic OH excluding ortho intramolecular Hbond substituents is 1. The number of nitrogens with zero attached hydrogens (tertiary/aromatic N) is 3. The summed E-state index contributed by atoms with van der Waals surface area (Å²) in [6, 6.07) is 4.25. The molecule has 0 unspecified atom stereocenters. The molecule has 0 aliphatic carbocycles. The number of aromatic nitrogens is 3. The summed E-state index contributed by atoms with van der Waals surface area (Å²) in [5.74, 6) is -0.325. The lowest BCUT2D eigenvalue weighted by atomic mass is 10.1. The Hall–Kier alpha value is -2.57. The molecule has 0 saturated carbocycles. The Balaban J connectivity index is 1.93. The van der Waals surface area contributed by atoms with Crippen molar-refractivity contribution in [3.05, 3.63) is 36.2 Å². The van der Waals surface area contributed by atoms with Crippen LogP contribution in [0.3, 0.4) is 0 Å². The molecule has 0 saturated heterocycles. The maximum absolute atomic E-state index is 11.8. The Kier molecular flexibility index (Phi) is 3.42. The van der Waals surface area contributed by atoms with E-state index in [1.165, 1.54) is 18.2 Å². The molecule has 0 fully saturated rings. The lowest BCUT2D eigenvalue weighted by molar-refractivity contribution is 0.0952. The van der Waals surface area contributed by atoms with E-state index >= 15 is 0 Å². The van der Waals surface area contributed by atoms with E-state index in [9.17, 15) is 9.90 Å². The highest BCUT2D eigenvalue weighted by Crippen LogP contribution is 2.17. The van der Waals surface area contributed by atoms with Gasteiger partial charge in [0.2, 0.25) is 0 Å². The van der Waals surface area contributed by atoms with E-state index in [1.54, 1.807) is 17.1 Å². The van der Waals surface area contributed by atoms with Gasteiger partial charge < -0.3 is 16.2 Å². The third kappa shape index (κ3) is 2.76. The quantitative estimate of drug-likeness (QED) is 0.520. The van der Waals surface area contributed by atoms with E-state index in [2.05, 4.69) is 15.6 Å². The second-order valence-corrected chi connectivity index (χ2v) is 3.69. The summed E-state index contributed by atoms with van der Waals surface area (Å²) in [4.78, 5) is 11.8. The Morgan fingerprint density at radius 3 is 3.06 bits per heavy atom. The molecule has 2 rings (SSSR count). The van der Waals surface area contributed by atoms with Gasteiger partial charge in [0.1, 0.15) is 5.75 Å². The van der Waals surface area contributed by atoms with Gasteiger partial charge in [-0.3, -0.25) is 9.48 Å². The Morgan fingerprint density at radius 2 is 2.33 bits per heavy atom. The lowest BCUT2D eigenvalue weighted by Gasteiger charge is -2.07. The first-order chi connectivity index (χ1) is 8.66. The van der Waals surface area contributed by atoms with E-state index < -0.39 is 0 Å². The summed E-state index contributed by atoms with van der Waals surface area (Å²) in [5, 5.41) is 19.4. The molecule has 0 atom stereocenters. The van der Waals surface area contributed by atoms with Gasteiger partial charge in [-0.05, 0) is 18.2 Å². The molecule has 0 spiro atoms. The average molecular weight is 247 g/mol. The Morgan fingerprint density at radius 1 is 1.50 bits per heavy atom. The highest BCUT2D eigenvalue weighted by atomic mass is 16.3. The minimum absolute atomic E-state index is 0.00521. The SMILES string of the molecule is Nc1ccc(O)cc1C(=O)NCCn1ccnn1. The van der Waals surface area contributed by atoms with Crippen molar-refractivity contribution in [3.8, 4) is 5.75 Å². The number of phenols is 1. The van der Waals surface area contributed by atoms with Gasteiger partial charge in [-0.15, -0.1) is 5.10 Å². The van der Waals surface area contributed by atoms with Gasteiger partial charge in [-0.1, -0.05) is 5.21 Å². The van der Waals surface area contributed by atoms with Gasteiger partial charge in [0.25, 0.3) is 5.91 Å². The molecule has 1 heterocycles. The second kappa shape index (κ2) is 5.17. The first-order valence-electron chi connectivity index (χ1n) is 5.37. The van der Waals surface area contributed by atoms with Gasteiger partial charge in [0.15, 0.2) is 0 Å². The number of nitrogen functional groups attached to an aromatic ring is 1. The van der Waals surface area contributed by atoms with E-state index in [4.69, 9.17) is 5.73 Å². The Bertz CT molecular complexity index is 538. The summed E-state index contributed by atoms with van der Waals surface area (Å²) in [7, 11) is 0. The second-order valence-electron chi connectivity index (χ2n) is 3.69. The summed E-state index contributed by atoms with van der Waals surface area (Å²) in [6.45, 7) is 0.918. The minimum atomic E-state index is -0.330. The normalized spacial score (nSPS) is 10.2. The predicted molar refractivity (Wildman–Crippen MR) is 64.9 cm³/mol.